The van der Waals surface area contributed by atoms with Gasteiger partial charge in [-0.1, -0.05) is 29.8 Å². The lowest BCUT2D eigenvalue weighted by molar-refractivity contribution is 0.0783. The maximum Gasteiger partial charge on any atom is 0.253 e. The molecule has 0 aliphatic carbocycles. The van der Waals surface area contributed by atoms with E-state index in [2.05, 4.69) is 20.5 Å². The highest BCUT2D eigenvalue weighted by Crippen LogP contribution is 2.27. The Morgan fingerprint density at radius 1 is 1.26 bits per heavy atom. The zero-order valence-electron chi connectivity index (χ0n) is 19.4. The molecule has 0 saturated carbocycles. The van der Waals surface area contributed by atoms with Crippen LogP contribution in [0.3, 0.4) is 0 Å². The Labute approximate surface area is 204 Å². The second-order valence-corrected chi connectivity index (χ2v) is 9.17. The largest absolute Gasteiger partial charge is 0.387 e. The molecular weight excluding hydrogens is 454 g/mol. The standard InChI is InChI=1S/C25H30ClN5O3/c1-31(14-20-12-21(15-34-2)30-29-20)25(33)17-5-3-16(4-6-17)11-19-8-9-22(28-19)24(32)18-7-10-23(26)27-13-18/h3-7,10,12-13,19,22,24,28,32H,8-9,11,14-15H2,1-2H3,(H,29,30). The number of aromatic nitrogens is 3. The SMILES string of the molecule is COCc1cc(CN(C)C(=O)c2ccc(CC3CCC(C(O)c4ccc(Cl)nc4)N3)cc2)[nH]n1. The molecule has 1 aromatic carbocycles. The van der Waals surface area contributed by atoms with Crippen molar-refractivity contribution in [3.8, 4) is 0 Å². The Morgan fingerprint density at radius 2 is 2.06 bits per heavy atom. The van der Waals surface area contributed by atoms with E-state index in [1.54, 1.807) is 31.3 Å². The van der Waals surface area contributed by atoms with E-state index in [-0.39, 0.29) is 18.0 Å². The van der Waals surface area contributed by atoms with E-state index >= 15 is 0 Å². The van der Waals surface area contributed by atoms with Crippen molar-refractivity contribution in [1.29, 1.82) is 0 Å². The highest BCUT2D eigenvalue weighted by Gasteiger charge is 2.30. The topological polar surface area (TPSA) is 103 Å². The third-order valence-corrected chi connectivity index (χ3v) is 6.39. The fourth-order valence-electron chi connectivity index (χ4n) is 4.38. The van der Waals surface area contributed by atoms with Crippen LogP contribution in [-0.2, 0) is 24.3 Å². The van der Waals surface area contributed by atoms with E-state index in [9.17, 15) is 9.90 Å². The van der Waals surface area contributed by atoms with Gasteiger partial charge in [0, 0.05) is 43.6 Å². The first-order chi connectivity index (χ1) is 16.4. The average Bonchev–Trinajstić information content (AvgIpc) is 3.49. The predicted molar refractivity (Wildman–Crippen MR) is 129 cm³/mol. The Hall–Kier alpha value is -2.78. The molecule has 3 aromatic rings. The van der Waals surface area contributed by atoms with E-state index in [1.807, 2.05) is 36.4 Å². The second-order valence-electron chi connectivity index (χ2n) is 8.79. The number of H-pyrrole nitrogens is 1. The molecule has 9 heteroatoms. The average molecular weight is 484 g/mol. The quantitative estimate of drug-likeness (QED) is 0.403. The van der Waals surface area contributed by atoms with Crippen molar-refractivity contribution >= 4 is 17.5 Å². The van der Waals surface area contributed by atoms with Crippen LogP contribution in [-0.4, -0.2) is 57.3 Å². The fraction of sp³-hybridized carbons (Fsp3) is 0.400. The summed E-state index contributed by atoms with van der Waals surface area (Å²) in [7, 11) is 3.40. The number of aliphatic hydroxyl groups excluding tert-OH is 1. The number of aromatic amines is 1. The number of benzene rings is 1. The fourth-order valence-corrected chi connectivity index (χ4v) is 4.49. The zero-order valence-corrected chi connectivity index (χ0v) is 20.1. The molecule has 34 heavy (non-hydrogen) atoms. The molecule has 0 spiro atoms. The van der Waals surface area contributed by atoms with Gasteiger partial charge in [-0.05, 0) is 49.1 Å². The van der Waals surface area contributed by atoms with Crippen molar-refractivity contribution in [2.75, 3.05) is 14.2 Å². The first-order valence-corrected chi connectivity index (χ1v) is 11.7. The Morgan fingerprint density at radius 3 is 2.76 bits per heavy atom. The third-order valence-electron chi connectivity index (χ3n) is 6.16. The number of nitrogens with zero attached hydrogens (tertiary/aromatic N) is 3. The molecule has 4 rings (SSSR count). The summed E-state index contributed by atoms with van der Waals surface area (Å²) in [6, 6.07) is 13.4. The van der Waals surface area contributed by atoms with Gasteiger partial charge in [-0.15, -0.1) is 0 Å². The van der Waals surface area contributed by atoms with E-state index in [1.165, 1.54) is 0 Å². The number of pyridine rings is 1. The molecule has 1 fully saturated rings. The lowest BCUT2D eigenvalue weighted by Crippen LogP contribution is -2.35. The van der Waals surface area contributed by atoms with Crippen LogP contribution < -0.4 is 5.32 Å². The number of halogens is 1. The third kappa shape index (κ3) is 6.01. The highest BCUT2D eigenvalue weighted by molar-refractivity contribution is 6.29. The summed E-state index contributed by atoms with van der Waals surface area (Å²) in [5, 5.41) is 21.7. The monoisotopic (exact) mass is 483 g/mol. The van der Waals surface area contributed by atoms with Gasteiger partial charge in [-0.25, -0.2) is 4.98 Å². The van der Waals surface area contributed by atoms with Gasteiger partial charge in [0.05, 0.1) is 30.6 Å². The number of methoxy groups -OCH3 is 1. The van der Waals surface area contributed by atoms with Gasteiger partial charge in [-0.3, -0.25) is 9.89 Å². The van der Waals surface area contributed by atoms with E-state index in [0.717, 1.165) is 41.8 Å². The van der Waals surface area contributed by atoms with Crippen LogP contribution in [0.25, 0.3) is 0 Å². The highest BCUT2D eigenvalue weighted by atomic mass is 35.5. The van der Waals surface area contributed by atoms with Crippen LogP contribution in [0.1, 0.15) is 51.8 Å². The van der Waals surface area contributed by atoms with Gasteiger partial charge in [0.15, 0.2) is 0 Å². The second kappa shape index (κ2) is 11.1. The molecule has 0 radical (unpaired) electrons. The lowest BCUT2D eigenvalue weighted by atomic mass is 10.0. The summed E-state index contributed by atoms with van der Waals surface area (Å²) in [5.74, 6) is -0.0480. The van der Waals surface area contributed by atoms with Gasteiger partial charge in [0.1, 0.15) is 5.15 Å². The molecule has 3 N–H and O–H groups in total. The van der Waals surface area contributed by atoms with Crippen molar-refractivity contribution in [3.63, 3.8) is 0 Å². The van der Waals surface area contributed by atoms with Crippen LogP contribution in [0.4, 0.5) is 0 Å². The van der Waals surface area contributed by atoms with Gasteiger partial charge in [0.2, 0.25) is 0 Å². The molecule has 3 heterocycles. The number of aliphatic hydroxyl groups is 1. The van der Waals surface area contributed by atoms with Gasteiger partial charge < -0.3 is 20.1 Å². The van der Waals surface area contributed by atoms with Crippen LogP contribution in [0.2, 0.25) is 5.15 Å². The molecule has 3 unspecified atom stereocenters. The summed E-state index contributed by atoms with van der Waals surface area (Å²) in [6.45, 7) is 0.875. The number of carbonyl (C=O) groups excluding carboxylic acids is 1. The van der Waals surface area contributed by atoms with E-state index in [0.29, 0.717) is 23.9 Å². The smallest absolute Gasteiger partial charge is 0.253 e. The minimum absolute atomic E-state index is 0.0191. The minimum Gasteiger partial charge on any atom is -0.387 e. The minimum atomic E-state index is -0.620. The van der Waals surface area contributed by atoms with Crippen LogP contribution in [0.5, 0.6) is 0 Å². The summed E-state index contributed by atoms with van der Waals surface area (Å²) in [6.07, 6.45) is 3.70. The van der Waals surface area contributed by atoms with Crippen molar-refractivity contribution < 1.29 is 14.6 Å². The van der Waals surface area contributed by atoms with Crippen LogP contribution in [0, 0.1) is 0 Å². The number of carbonyl (C=O) groups is 1. The lowest BCUT2D eigenvalue weighted by Gasteiger charge is -2.20. The number of hydrogen-bond acceptors (Lipinski definition) is 6. The van der Waals surface area contributed by atoms with Crippen molar-refractivity contribution in [1.82, 2.24) is 25.4 Å². The van der Waals surface area contributed by atoms with Gasteiger partial charge >= 0.3 is 0 Å². The van der Waals surface area contributed by atoms with Crippen LogP contribution >= 0.6 is 11.6 Å². The van der Waals surface area contributed by atoms with Gasteiger partial charge in [-0.2, -0.15) is 5.10 Å². The molecule has 3 atom stereocenters. The Bertz CT molecular complexity index is 1090. The molecule has 180 valence electrons. The normalized spacial score (nSPS) is 18.7. The first-order valence-electron chi connectivity index (χ1n) is 11.3. The zero-order chi connectivity index (χ0) is 24.1. The van der Waals surface area contributed by atoms with E-state index < -0.39 is 6.10 Å². The molecule has 1 aliphatic heterocycles. The molecule has 8 nitrogen and oxygen atoms in total. The van der Waals surface area contributed by atoms with Crippen molar-refractivity contribution in [3.05, 3.63) is 81.9 Å². The molecule has 2 aromatic heterocycles. The number of amides is 1. The van der Waals surface area contributed by atoms with Crippen LogP contribution in [0.15, 0.2) is 48.7 Å². The number of hydrogen-bond donors (Lipinski definition) is 3. The Kier molecular flexibility index (Phi) is 7.95. The predicted octanol–water partition coefficient (Wildman–Crippen LogP) is 3.27. The number of rotatable bonds is 9. The van der Waals surface area contributed by atoms with E-state index in [4.69, 9.17) is 16.3 Å². The summed E-state index contributed by atoms with van der Waals surface area (Å²) in [5.41, 5.74) is 4.23. The van der Waals surface area contributed by atoms with Gasteiger partial charge in [0.25, 0.3) is 5.91 Å². The molecular formula is C25H30ClN5O3. The number of nitrogens with one attached hydrogen (secondary N) is 2. The molecule has 1 saturated heterocycles. The first kappa shape index (κ1) is 24.3. The molecule has 1 aliphatic rings. The van der Waals surface area contributed by atoms with Crippen molar-refractivity contribution in [2.24, 2.45) is 0 Å². The summed E-state index contributed by atoms with van der Waals surface area (Å²) < 4.78 is 5.08. The molecule has 0 bridgehead atoms. The van der Waals surface area contributed by atoms with Crippen molar-refractivity contribution in [2.45, 2.75) is 50.6 Å². The molecule has 1 amide bonds. The maximum atomic E-state index is 12.8. The Balaban J connectivity index is 1.29. The maximum absolute atomic E-state index is 12.8. The summed E-state index contributed by atoms with van der Waals surface area (Å²) in [4.78, 5) is 18.5. The summed E-state index contributed by atoms with van der Waals surface area (Å²) >= 11 is 5.84. The number of ether oxygens (including phenoxy) is 1.